The number of aromatic nitrogens is 2. The quantitative estimate of drug-likeness (QED) is 0.683. The van der Waals surface area contributed by atoms with Crippen LogP contribution < -0.4 is 5.32 Å². The van der Waals surface area contributed by atoms with E-state index in [1.54, 1.807) is 0 Å². The number of rotatable bonds is 2. The fourth-order valence-corrected chi connectivity index (χ4v) is 1.66. The molecular weight excluding hydrogens is 164 g/mol. The molecule has 2 rings (SSSR count). The lowest BCUT2D eigenvalue weighted by Gasteiger charge is -2.17. The van der Waals surface area contributed by atoms with Crippen molar-refractivity contribution in [1.29, 1.82) is 0 Å². The first-order valence-corrected chi connectivity index (χ1v) is 4.86. The van der Waals surface area contributed by atoms with Gasteiger partial charge in [0, 0.05) is 25.5 Å². The second kappa shape index (κ2) is 4.39. The Morgan fingerprint density at radius 2 is 2.38 bits per heavy atom. The lowest BCUT2D eigenvalue weighted by atomic mass is 10.4. The van der Waals surface area contributed by atoms with Gasteiger partial charge in [0.25, 0.3) is 0 Å². The first-order valence-electron chi connectivity index (χ1n) is 4.86. The Morgan fingerprint density at radius 3 is 3.23 bits per heavy atom. The Labute approximate surface area is 78.4 Å². The summed E-state index contributed by atoms with van der Waals surface area (Å²) in [4.78, 5) is 9.78. The average molecular weight is 180 g/mol. The summed E-state index contributed by atoms with van der Waals surface area (Å²) >= 11 is 0. The average Bonchev–Trinajstić information content (AvgIpc) is 2.49. The number of imidazole rings is 1. The van der Waals surface area contributed by atoms with E-state index in [-0.39, 0.29) is 0 Å². The second-order valence-corrected chi connectivity index (χ2v) is 3.42. The molecule has 0 aliphatic carbocycles. The van der Waals surface area contributed by atoms with E-state index in [0.29, 0.717) is 0 Å². The van der Waals surface area contributed by atoms with Crippen LogP contribution in [0, 0.1) is 0 Å². The largest absolute Gasteiger partial charge is 0.348 e. The normalized spacial score (nSPS) is 20.0. The van der Waals surface area contributed by atoms with E-state index in [1.165, 1.54) is 13.0 Å². The highest BCUT2D eigenvalue weighted by Crippen LogP contribution is 2.00. The van der Waals surface area contributed by atoms with Crippen molar-refractivity contribution in [3.05, 3.63) is 18.2 Å². The van der Waals surface area contributed by atoms with E-state index >= 15 is 0 Å². The molecular formula is C9H16N4. The summed E-state index contributed by atoms with van der Waals surface area (Å²) < 4.78 is 0. The molecule has 0 saturated carbocycles. The highest BCUT2D eigenvalue weighted by molar-refractivity contribution is 4.87. The van der Waals surface area contributed by atoms with Gasteiger partial charge in [0.2, 0.25) is 0 Å². The van der Waals surface area contributed by atoms with E-state index in [1.807, 2.05) is 12.4 Å². The third kappa shape index (κ3) is 2.54. The van der Waals surface area contributed by atoms with Crippen LogP contribution in [-0.2, 0) is 6.54 Å². The molecule has 0 unspecified atom stereocenters. The number of hydrogen-bond donors (Lipinski definition) is 2. The zero-order valence-corrected chi connectivity index (χ0v) is 7.79. The Hall–Kier alpha value is -0.870. The molecule has 1 fully saturated rings. The van der Waals surface area contributed by atoms with Crippen LogP contribution in [0.15, 0.2) is 12.4 Å². The molecule has 1 aromatic rings. The molecule has 1 aliphatic rings. The molecule has 0 radical (unpaired) electrons. The smallest absolute Gasteiger partial charge is 0.120 e. The first-order chi connectivity index (χ1) is 6.45. The Balaban J connectivity index is 1.86. The summed E-state index contributed by atoms with van der Waals surface area (Å²) in [5, 5.41) is 3.38. The fourth-order valence-electron chi connectivity index (χ4n) is 1.66. The van der Waals surface area contributed by atoms with Gasteiger partial charge in [0.05, 0.1) is 6.54 Å². The molecule has 0 aromatic carbocycles. The van der Waals surface area contributed by atoms with Crippen LogP contribution in [0.5, 0.6) is 0 Å². The summed E-state index contributed by atoms with van der Waals surface area (Å²) in [6, 6.07) is 0. The molecule has 13 heavy (non-hydrogen) atoms. The summed E-state index contributed by atoms with van der Waals surface area (Å²) in [6.45, 7) is 5.50. The highest BCUT2D eigenvalue weighted by Gasteiger charge is 2.09. The predicted molar refractivity (Wildman–Crippen MR) is 51.4 cm³/mol. The Bertz CT molecular complexity index is 224. The van der Waals surface area contributed by atoms with Crippen LogP contribution in [0.3, 0.4) is 0 Å². The molecule has 1 saturated heterocycles. The van der Waals surface area contributed by atoms with Gasteiger partial charge in [-0.15, -0.1) is 0 Å². The van der Waals surface area contributed by atoms with E-state index < -0.39 is 0 Å². The molecule has 0 bridgehead atoms. The van der Waals surface area contributed by atoms with E-state index in [0.717, 1.165) is 32.0 Å². The molecule has 2 heterocycles. The zero-order valence-electron chi connectivity index (χ0n) is 7.79. The Kier molecular flexibility index (Phi) is 2.94. The minimum Gasteiger partial charge on any atom is -0.348 e. The number of nitrogens with one attached hydrogen (secondary N) is 2. The van der Waals surface area contributed by atoms with Gasteiger partial charge in [0.15, 0.2) is 0 Å². The number of aromatic amines is 1. The van der Waals surface area contributed by atoms with E-state index in [2.05, 4.69) is 20.2 Å². The molecule has 0 spiro atoms. The molecule has 0 atom stereocenters. The molecule has 1 aromatic heterocycles. The van der Waals surface area contributed by atoms with Crippen molar-refractivity contribution in [2.75, 3.05) is 26.2 Å². The first kappa shape index (κ1) is 8.72. The van der Waals surface area contributed by atoms with Gasteiger partial charge in [-0.05, 0) is 19.5 Å². The monoisotopic (exact) mass is 180 g/mol. The molecule has 0 amide bonds. The molecule has 72 valence electrons. The minimum atomic E-state index is 0.953. The van der Waals surface area contributed by atoms with Crippen molar-refractivity contribution in [2.24, 2.45) is 0 Å². The third-order valence-electron chi connectivity index (χ3n) is 2.36. The molecule has 4 heteroatoms. The summed E-state index contributed by atoms with van der Waals surface area (Å²) in [7, 11) is 0. The highest BCUT2D eigenvalue weighted by atomic mass is 15.2. The maximum absolute atomic E-state index is 4.22. The van der Waals surface area contributed by atoms with Gasteiger partial charge in [-0.25, -0.2) is 4.98 Å². The fraction of sp³-hybridized carbons (Fsp3) is 0.667. The van der Waals surface area contributed by atoms with Gasteiger partial charge in [-0.2, -0.15) is 0 Å². The predicted octanol–water partition coefficient (Wildman–Crippen LogP) is 0.205. The minimum absolute atomic E-state index is 0.953. The zero-order chi connectivity index (χ0) is 8.93. The SMILES string of the molecule is c1c[nH]c(CN2CCCNCC2)n1. The third-order valence-corrected chi connectivity index (χ3v) is 2.36. The van der Waals surface area contributed by atoms with Crippen molar-refractivity contribution in [1.82, 2.24) is 20.2 Å². The van der Waals surface area contributed by atoms with Gasteiger partial charge in [-0.1, -0.05) is 0 Å². The maximum atomic E-state index is 4.22. The second-order valence-electron chi connectivity index (χ2n) is 3.42. The van der Waals surface area contributed by atoms with Crippen LogP contribution >= 0.6 is 0 Å². The summed E-state index contributed by atoms with van der Waals surface area (Å²) in [5.41, 5.74) is 0. The van der Waals surface area contributed by atoms with Crippen molar-refractivity contribution >= 4 is 0 Å². The van der Waals surface area contributed by atoms with Crippen molar-refractivity contribution < 1.29 is 0 Å². The lowest BCUT2D eigenvalue weighted by Crippen LogP contribution is -2.28. The van der Waals surface area contributed by atoms with Crippen molar-refractivity contribution in [3.8, 4) is 0 Å². The van der Waals surface area contributed by atoms with Gasteiger partial charge >= 0.3 is 0 Å². The molecule has 2 N–H and O–H groups in total. The van der Waals surface area contributed by atoms with Crippen LogP contribution in [0.1, 0.15) is 12.2 Å². The maximum Gasteiger partial charge on any atom is 0.120 e. The number of hydrogen-bond acceptors (Lipinski definition) is 3. The van der Waals surface area contributed by atoms with Crippen molar-refractivity contribution in [3.63, 3.8) is 0 Å². The molecule has 4 nitrogen and oxygen atoms in total. The van der Waals surface area contributed by atoms with Gasteiger partial charge in [-0.3, -0.25) is 4.90 Å². The van der Waals surface area contributed by atoms with Gasteiger partial charge < -0.3 is 10.3 Å². The van der Waals surface area contributed by atoms with Crippen molar-refractivity contribution in [2.45, 2.75) is 13.0 Å². The van der Waals surface area contributed by atoms with Crippen LogP contribution in [0.25, 0.3) is 0 Å². The number of H-pyrrole nitrogens is 1. The van der Waals surface area contributed by atoms with Crippen LogP contribution in [0.2, 0.25) is 0 Å². The topological polar surface area (TPSA) is 44.0 Å². The van der Waals surface area contributed by atoms with E-state index in [4.69, 9.17) is 0 Å². The van der Waals surface area contributed by atoms with Gasteiger partial charge in [0.1, 0.15) is 5.82 Å². The standard InChI is InChI=1S/C9H16N4/c1-2-10-5-7-13(6-1)8-9-11-3-4-12-9/h3-4,10H,1-2,5-8H2,(H,11,12). The summed E-state index contributed by atoms with van der Waals surface area (Å²) in [6.07, 6.45) is 4.93. The van der Waals surface area contributed by atoms with E-state index in [9.17, 15) is 0 Å². The van der Waals surface area contributed by atoms with Crippen LogP contribution in [0.4, 0.5) is 0 Å². The molecule has 1 aliphatic heterocycles. The Morgan fingerprint density at radius 1 is 1.38 bits per heavy atom. The number of nitrogens with zero attached hydrogens (tertiary/aromatic N) is 2. The summed E-state index contributed by atoms with van der Waals surface area (Å²) in [5.74, 6) is 1.07. The lowest BCUT2D eigenvalue weighted by molar-refractivity contribution is 0.278. The van der Waals surface area contributed by atoms with Crippen LogP contribution in [-0.4, -0.2) is 41.0 Å².